The first-order valence-electron chi connectivity index (χ1n) is 6.03. The summed E-state index contributed by atoms with van der Waals surface area (Å²) in [6.07, 6.45) is 0. The van der Waals surface area contributed by atoms with Crippen molar-refractivity contribution in [2.24, 2.45) is 5.41 Å². The van der Waals surface area contributed by atoms with Crippen LogP contribution in [-0.2, 0) is 10.0 Å². The van der Waals surface area contributed by atoms with Crippen molar-refractivity contribution < 1.29 is 8.42 Å². The van der Waals surface area contributed by atoms with Gasteiger partial charge in [-0.2, -0.15) is 0 Å². The van der Waals surface area contributed by atoms with Gasteiger partial charge in [0.25, 0.3) is 0 Å². The van der Waals surface area contributed by atoms with Crippen LogP contribution in [0.1, 0.15) is 13.8 Å². The number of nitrogens with zero attached hydrogens (tertiary/aromatic N) is 1. The summed E-state index contributed by atoms with van der Waals surface area (Å²) >= 11 is 3.27. The molecule has 1 N–H and O–H groups in total. The third-order valence-electron chi connectivity index (χ3n) is 2.61. The molecule has 0 aliphatic carbocycles. The zero-order valence-corrected chi connectivity index (χ0v) is 14.2. The first kappa shape index (κ1) is 16.6. The van der Waals surface area contributed by atoms with Gasteiger partial charge < -0.3 is 4.90 Å². The van der Waals surface area contributed by atoms with E-state index < -0.39 is 10.0 Å². The van der Waals surface area contributed by atoms with Gasteiger partial charge in [0.05, 0.1) is 4.90 Å². The Labute approximate surface area is 124 Å². The Hall–Kier alpha value is -0.430. The predicted octanol–water partition coefficient (Wildman–Crippen LogP) is 2.32. The van der Waals surface area contributed by atoms with E-state index in [-0.39, 0.29) is 10.3 Å². The average Bonchev–Trinajstić information content (AvgIpc) is 2.25. The predicted molar refractivity (Wildman–Crippen MR) is 81.7 cm³/mol. The van der Waals surface area contributed by atoms with Crippen molar-refractivity contribution in [3.05, 3.63) is 28.7 Å². The Balaban J connectivity index is 2.80. The monoisotopic (exact) mass is 348 g/mol. The van der Waals surface area contributed by atoms with Crippen molar-refractivity contribution in [2.75, 3.05) is 27.2 Å². The number of rotatable bonds is 6. The Kier molecular flexibility index (Phi) is 5.55. The standard InChI is InChI=1S/C13H21BrN2O2S/c1-13(2,10-16(3)4)9-15-19(17,18)12-8-6-5-7-11(12)14/h5-8,15H,9-10H2,1-4H3. The normalized spacial score (nSPS) is 12.9. The summed E-state index contributed by atoms with van der Waals surface area (Å²) in [5.41, 5.74) is -0.127. The molecule has 0 aliphatic rings. The second kappa shape index (κ2) is 6.35. The summed E-state index contributed by atoms with van der Waals surface area (Å²) in [4.78, 5) is 2.32. The summed E-state index contributed by atoms with van der Waals surface area (Å²) < 4.78 is 27.7. The molecule has 0 unspecified atom stereocenters. The molecule has 19 heavy (non-hydrogen) atoms. The summed E-state index contributed by atoms with van der Waals surface area (Å²) in [7, 11) is 0.477. The Morgan fingerprint density at radius 1 is 1.26 bits per heavy atom. The zero-order valence-electron chi connectivity index (χ0n) is 11.8. The number of hydrogen-bond acceptors (Lipinski definition) is 3. The van der Waals surface area contributed by atoms with Gasteiger partial charge in [-0.3, -0.25) is 0 Å². The van der Waals surface area contributed by atoms with Crippen molar-refractivity contribution in [2.45, 2.75) is 18.7 Å². The SMILES string of the molecule is CN(C)CC(C)(C)CNS(=O)(=O)c1ccccc1Br. The van der Waals surface area contributed by atoms with E-state index in [1.54, 1.807) is 24.3 Å². The molecular weight excluding hydrogens is 328 g/mol. The highest BCUT2D eigenvalue weighted by molar-refractivity contribution is 9.10. The van der Waals surface area contributed by atoms with Crippen LogP contribution >= 0.6 is 15.9 Å². The minimum atomic E-state index is -3.48. The lowest BCUT2D eigenvalue weighted by molar-refractivity contribution is 0.242. The Bertz CT molecular complexity index is 527. The maximum Gasteiger partial charge on any atom is 0.241 e. The van der Waals surface area contributed by atoms with Crippen molar-refractivity contribution in [1.82, 2.24) is 9.62 Å². The fourth-order valence-electron chi connectivity index (χ4n) is 1.94. The van der Waals surface area contributed by atoms with E-state index in [4.69, 9.17) is 0 Å². The van der Waals surface area contributed by atoms with Gasteiger partial charge >= 0.3 is 0 Å². The summed E-state index contributed by atoms with van der Waals surface area (Å²) in [6, 6.07) is 6.81. The first-order chi connectivity index (χ1) is 8.64. The van der Waals surface area contributed by atoms with Crippen LogP contribution in [0.15, 0.2) is 33.6 Å². The van der Waals surface area contributed by atoms with Crippen molar-refractivity contribution in [3.8, 4) is 0 Å². The molecule has 1 aromatic rings. The molecule has 0 aliphatic heterocycles. The first-order valence-corrected chi connectivity index (χ1v) is 8.31. The molecule has 0 bridgehead atoms. The topological polar surface area (TPSA) is 49.4 Å². The molecular formula is C13H21BrN2O2S. The van der Waals surface area contributed by atoms with Crippen LogP contribution in [0.25, 0.3) is 0 Å². The van der Waals surface area contributed by atoms with E-state index in [0.29, 0.717) is 11.0 Å². The van der Waals surface area contributed by atoms with Crippen LogP contribution in [0.3, 0.4) is 0 Å². The number of nitrogens with one attached hydrogen (secondary N) is 1. The second-order valence-electron chi connectivity index (χ2n) is 5.66. The fourth-order valence-corrected chi connectivity index (χ4v) is 4.19. The highest BCUT2D eigenvalue weighted by atomic mass is 79.9. The molecule has 108 valence electrons. The van der Waals surface area contributed by atoms with E-state index >= 15 is 0 Å². The van der Waals surface area contributed by atoms with Crippen LogP contribution in [0.4, 0.5) is 0 Å². The average molecular weight is 349 g/mol. The molecule has 4 nitrogen and oxygen atoms in total. The van der Waals surface area contributed by atoms with Crippen molar-refractivity contribution in [1.29, 1.82) is 0 Å². The summed E-state index contributed by atoms with van der Waals surface area (Å²) in [5.74, 6) is 0. The second-order valence-corrected chi connectivity index (χ2v) is 8.25. The molecule has 0 saturated carbocycles. The third-order valence-corrected chi connectivity index (χ3v) is 5.02. The van der Waals surface area contributed by atoms with Crippen LogP contribution in [0.5, 0.6) is 0 Å². The number of benzene rings is 1. The largest absolute Gasteiger partial charge is 0.309 e. The molecule has 0 aromatic heterocycles. The van der Waals surface area contributed by atoms with Gasteiger partial charge in [0, 0.05) is 17.6 Å². The van der Waals surface area contributed by atoms with Crippen LogP contribution in [-0.4, -0.2) is 40.5 Å². The Morgan fingerprint density at radius 3 is 2.37 bits per heavy atom. The summed E-state index contributed by atoms with van der Waals surface area (Å²) in [5, 5.41) is 0. The molecule has 1 aromatic carbocycles. The molecule has 0 heterocycles. The lowest BCUT2D eigenvalue weighted by Crippen LogP contribution is -2.40. The van der Waals surface area contributed by atoms with Crippen LogP contribution < -0.4 is 4.72 Å². The fraction of sp³-hybridized carbons (Fsp3) is 0.538. The smallest absolute Gasteiger partial charge is 0.241 e. The Morgan fingerprint density at radius 2 is 1.84 bits per heavy atom. The maximum absolute atomic E-state index is 12.2. The van der Waals surface area contributed by atoms with E-state index in [2.05, 4.69) is 20.7 Å². The van der Waals surface area contributed by atoms with Gasteiger partial charge in [-0.05, 0) is 47.6 Å². The minimum Gasteiger partial charge on any atom is -0.309 e. The molecule has 0 spiro atoms. The van der Waals surface area contributed by atoms with E-state index in [1.165, 1.54) is 0 Å². The molecule has 0 fully saturated rings. The molecule has 0 atom stereocenters. The van der Waals surface area contributed by atoms with Gasteiger partial charge in [0.1, 0.15) is 0 Å². The maximum atomic E-state index is 12.2. The quantitative estimate of drug-likeness (QED) is 0.858. The molecule has 6 heteroatoms. The van der Waals surface area contributed by atoms with Gasteiger partial charge in [0.2, 0.25) is 10.0 Å². The number of halogens is 1. The number of sulfonamides is 1. The highest BCUT2D eigenvalue weighted by Crippen LogP contribution is 2.22. The zero-order chi connectivity index (χ0) is 14.7. The number of hydrogen-bond donors (Lipinski definition) is 1. The van der Waals surface area contributed by atoms with Crippen LogP contribution in [0.2, 0.25) is 0 Å². The molecule has 0 radical (unpaired) electrons. The molecule has 0 amide bonds. The van der Waals surface area contributed by atoms with Crippen LogP contribution in [0, 0.1) is 5.41 Å². The van der Waals surface area contributed by atoms with E-state index in [0.717, 1.165) is 6.54 Å². The van der Waals surface area contributed by atoms with E-state index in [9.17, 15) is 8.42 Å². The van der Waals surface area contributed by atoms with Crippen molar-refractivity contribution >= 4 is 26.0 Å². The lowest BCUT2D eigenvalue weighted by atomic mass is 9.93. The van der Waals surface area contributed by atoms with Gasteiger partial charge in [-0.25, -0.2) is 13.1 Å². The van der Waals surface area contributed by atoms with E-state index in [1.807, 2.05) is 32.8 Å². The van der Waals surface area contributed by atoms with Gasteiger partial charge in [0.15, 0.2) is 0 Å². The van der Waals surface area contributed by atoms with Crippen molar-refractivity contribution in [3.63, 3.8) is 0 Å². The molecule has 1 rings (SSSR count). The van der Waals surface area contributed by atoms with Gasteiger partial charge in [-0.15, -0.1) is 0 Å². The minimum absolute atomic E-state index is 0.127. The highest BCUT2D eigenvalue weighted by Gasteiger charge is 2.24. The summed E-state index contributed by atoms with van der Waals surface area (Å²) in [6.45, 7) is 5.28. The van der Waals surface area contributed by atoms with Gasteiger partial charge in [-0.1, -0.05) is 26.0 Å². The third kappa shape index (κ3) is 5.22. The lowest BCUT2D eigenvalue weighted by Gasteiger charge is -2.28. The molecule has 0 saturated heterocycles.